The maximum Gasteiger partial charge on any atom is 0.339 e. The van der Waals surface area contributed by atoms with Crippen molar-refractivity contribution in [1.82, 2.24) is 5.32 Å². The van der Waals surface area contributed by atoms with Gasteiger partial charge in [-0.25, -0.2) is 14.0 Å². The number of nitrogens with one attached hydrogen (secondary N) is 1. The molecular formula is C16H19BrFNO5. The number of carbonyl (C=O) groups excluding carboxylic acids is 3. The van der Waals surface area contributed by atoms with Crippen molar-refractivity contribution in [3.05, 3.63) is 34.1 Å². The highest BCUT2D eigenvalue weighted by molar-refractivity contribution is 9.10. The third-order valence-electron chi connectivity index (χ3n) is 3.47. The average Bonchev–Trinajstić information content (AvgIpc) is 2.56. The fraction of sp³-hybridized carbons (Fsp3) is 0.438. The molecule has 2 atom stereocenters. The second-order valence-corrected chi connectivity index (χ2v) is 6.01. The van der Waals surface area contributed by atoms with Crippen molar-refractivity contribution in [2.45, 2.75) is 26.3 Å². The minimum absolute atomic E-state index is 0.0932. The predicted octanol–water partition coefficient (Wildman–Crippen LogP) is 2.45. The summed E-state index contributed by atoms with van der Waals surface area (Å²) in [5.74, 6) is -2.62. The van der Waals surface area contributed by atoms with Crippen LogP contribution in [0.2, 0.25) is 0 Å². The molecule has 0 aliphatic heterocycles. The largest absolute Gasteiger partial charge is 0.467 e. The van der Waals surface area contributed by atoms with E-state index in [2.05, 4.69) is 26.0 Å². The van der Waals surface area contributed by atoms with Gasteiger partial charge in [0.2, 0.25) is 0 Å². The summed E-state index contributed by atoms with van der Waals surface area (Å²) < 4.78 is 22.8. The number of hydrogen-bond acceptors (Lipinski definition) is 5. The van der Waals surface area contributed by atoms with Gasteiger partial charge in [0.05, 0.1) is 12.7 Å². The Morgan fingerprint density at radius 1 is 1.33 bits per heavy atom. The molecule has 0 heterocycles. The molecule has 0 aliphatic carbocycles. The molecule has 0 saturated carbocycles. The zero-order valence-corrected chi connectivity index (χ0v) is 15.2. The Kier molecular flexibility index (Phi) is 7.84. The number of hydrogen-bond donors (Lipinski definition) is 1. The normalized spacial score (nSPS) is 12.9. The molecule has 8 heteroatoms. The van der Waals surface area contributed by atoms with Crippen molar-refractivity contribution in [3.8, 4) is 0 Å². The van der Waals surface area contributed by atoms with E-state index in [4.69, 9.17) is 4.74 Å². The lowest BCUT2D eigenvalue weighted by molar-refractivity contribution is -0.147. The van der Waals surface area contributed by atoms with Crippen molar-refractivity contribution in [2.24, 2.45) is 5.92 Å². The van der Waals surface area contributed by atoms with E-state index in [-0.39, 0.29) is 16.0 Å². The Hall–Kier alpha value is -1.96. The second-order valence-electron chi connectivity index (χ2n) is 5.15. The molecule has 0 saturated heterocycles. The van der Waals surface area contributed by atoms with Crippen molar-refractivity contribution in [1.29, 1.82) is 0 Å². The summed E-state index contributed by atoms with van der Waals surface area (Å²) in [5.41, 5.74) is 0.0932. The first-order chi connectivity index (χ1) is 11.3. The number of halogens is 2. The van der Waals surface area contributed by atoms with Crippen LogP contribution in [-0.2, 0) is 19.1 Å². The van der Waals surface area contributed by atoms with Gasteiger partial charge in [-0.2, -0.15) is 0 Å². The SMILES string of the molecule is CC[C@@H](C)[C@H](NC(=O)COC(=O)c1ccc(F)cc1Br)C(=O)OC. The summed E-state index contributed by atoms with van der Waals surface area (Å²) in [6.45, 7) is 3.11. The lowest BCUT2D eigenvalue weighted by Gasteiger charge is -2.21. The van der Waals surface area contributed by atoms with Crippen molar-refractivity contribution in [2.75, 3.05) is 13.7 Å². The Labute approximate surface area is 147 Å². The van der Waals surface area contributed by atoms with Crippen molar-refractivity contribution >= 4 is 33.8 Å². The number of methoxy groups -OCH3 is 1. The molecule has 1 amide bonds. The third-order valence-corrected chi connectivity index (χ3v) is 4.13. The van der Waals surface area contributed by atoms with Crippen LogP contribution in [0.15, 0.2) is 22.7 Å². The van der Waals surface area contributed by atoms with E-state index in [1.807, 2.05) is 6.92 Å². The molecule has 0 aromatic heterocycles. The van der Waals surface area contributed by atoms with Crippen LogP contribution in [0.25, 0.3) is 0 Å². The lowest BCUT2D eigenvalue weighted by atomic mass is 9.99. The Balaban J connectivity index is 2.64. The van der Waals surface area contributed by atoms with E-state index in [1.165, 1.54) is 13.2 Å². The van der Waals surface area contributed by atoms with Crippen LogP contribution in [0.4, 0.5) is 4.39 Å². The minimum atomic E-state index is -0.816. The van der Waals surface area contributed by atoms with Crippen LogP contribution in [0, 0.1) is 11.7 Å². The Morgan fingerprint density at radius 2 is 2.00 bits per heavy atom. The fourth-order valence-electron chi connectivity index (χ4n) is 1.88. The summed E-state index contributed by atoms with van der Waals surface area (Å²) in [6.07, 6.45) is 0.655. The number of carbonyl (C=O) groups is 3. The van der Waals surface area contributed by atoms with Crippen LogP contribution in [0.5, 0.6) is 0 Å². The number of benzene rings is 1. The molecule has 0 bridgehead atoms. The van der Waals surface area contributed by atoms with Gasteiger partial charge < -0.3 is 14.8 Å². The minimum Gasteiger partial charge on any atom is -0.467 e. The van der Waals surface area contributed by atoms with Gasteiger partial charge in [-0.1, -0.05) is 20.3 Å². The summed E-state index contributed by atoms with van der Waals surface area (Å²) in [7, 11) is 1.23. The number of ether oxygens (including phenoxy) is 2. The lowest BCUT2D eigenvalue weighted by Crippen LogP contribution is -2.47. The van der Waals surface area contributed by atoms with Gasteiger partial charge >= 0.3 is 11.9 Å². The zero-order valence-electron chi connectivity index (χ0n) is 13.6. The first-order valence-corrected chi connectivity index (χ1v) is 8.08. The average molecular weight is 404 g/mol. The van der Waals surface area contributed by atoms with Gasteiger partial charge in [0, 0.05) is 4.47 Å². The van der Waals surface area contributed by atoms with E-state index < -0.39 is 36.3 Å². The van der Waals surface area contributed by atoms with Crippen LogP contribution in [-0.4, -0.2) is 37.6 Å². The van der Waals surface area contributed by atoms with E-state index in [9.17, 15) is 18.8 Å². The standard InChI is InChI=1S/C16H19BrFNO5/c1-4-9(2)14(16(22)23-3)19-13(20)8-24-15(21)11-6-5-10(18)7-12(11)17/h5-7,9,14H,4,8H2,1-3H3,(H,19,20)/t9-,14+/m1/s1. The van der Waals surface area contributed by atoms with Crippen molar-refractivity contribution < 1.29 is 28.2 Å². The van der Waals surface area contributed by atoms with Gasteiger partial charge in [0.25, 0.3) is 5.91 Å². The molecule has 0 unspecified atom stereocenters. The van der Waals surface area contributed by atoms with Gasteiger partial charge in [-0.3, -0.25) is 4.79 Å². The van der Waals surface area contributed by atoms with E-state index in [0.29, 0.717) is 6.42 Å². The number of rotatable bonds is 7. The van der Waals surface area contributed by atoms with Crippen LogP contribution in [0.3, 0.4) is 0 Å². The molecule has 1 aromatic carbocycles. The van der Waals surface area contributed by atoms with E-state index in [0.717, 1.165) is 12.1 Å². The van der Waals surface area contributed by atoms with Crippen LogP contribution < -0.4 is 5.32 Å². The summed E-state index contributed by atoms with van der Waals surface area (Å²) >= 11 is 3.05. The molecule has 1 rings (SSSR count). The molecule has 0 fully saturated rings. The van der Waals surface area contributed by atoms with Gasteiger partial charge in [-0.15, -0.1) is 0 Å². The third kappa shape index (κ3) is 5.59. The monoisotopic (exact) mass is 403 g/mol. The Bertz CT molecular complexity index is 622. The molecule has 24 heavy (non-hydrogen) atoms. The molecule has 132 valence electrons. The van der Waals surface area contributed by atoms with Gasteiger partial charge in [0.15, 0.2) is 6.61 Å². The van der Waals surface area contributed by atoms with Crippen LogP contribution >= 0.6 is 15.9 Å². The van der Waals surface area contributed by atoms with Gasteiger partial charge in [-0.05, 0) is 40.0 Å². The summed E-state index contributed by atoms with van der Waals surface area (Å²) in [4.78, 5) is 35.5. The fourth-order valence-corrected chi connectivity index (χ4v) is 2.39. The molecule has 6 nitrogen and oxygen atoms in total. The highest BCUT2D eigenvalue weighted by atomic mass is 79.9. The first-order valence-electron chi connectivity index (χ1n) is 7.29. The smallest absolute Gasteiger partial charge is 0.339 e. The highest BCUT2D eigenvalue weighted by Gasteiger charge is 2.27. The zero-order chi connectivity index (χ0) is 18.3. The molecule has 0 spiro atoms. The first kappa shape index (κ1) is 20.1. The number of esters is 2. The molecule has 0 aliphatic rings. The van der Waals surface area contributed by atoms with Crippen molar-refractivity contribution in [3.63, 3.8) is 0 Å². The van der Waals surface area contributed by atoms with E-state index in [1.54, 1.807) is 6.92 Å². The molecule has 1 aromatic rings. The quantitative estimate of drug-likeness (QED) is 0.707. The number of amides is 1. The summed E-state index contributed by atoms with van der Waals surface area (Å²) in [5, 5.41) is 2.49. The maximum absolute atomic E-state index is 13.0. The summed E-state index contributed by atoms with van der Waals surface area (Å²) in [6, 6.07) is 2.66. The van der Waals surface area contributed by atoms with E-state index >= 15 is 0 Å². The molecule has 1 N–H and O–H groups in total. The second kappa shape index (κ2) is 9.36. The molecular weight excluding hydrogens is 385 g/mol. The van der Waals surface area contributed by atoms with Gasteiger partial charge in [0.1, 0.15) is 11.9 Å². The van der Waals surface area contributed by atoms with Crippen LogP contribution in [0.1, 0.15) is 30.6 Å². The highest BCUT2D eigenvalue weighted by Crippen LogP contribution is 2.18. The molecule has 0 radical (unpaired) electrons. The predicted molar refractivity (Wildman–Crippen MR) is 87.8 cm³/mol. The maximum atomic E-state index is 13.0. The Morgan fingerprint density at radius 3 is 2.54 bits per heavy atom. The topological polar surface area (TPSA) is 81.7 Å².